The molecule has 0 saturated carbocycles. The van der Waals surface area contributed by atoms with Crippen molar-refractivity contribution < 1.29 is 18.7 Å². The molecule has 25 heavy (non-hydrogen) atoms. The Morgan fingerprint density at radius 3 is 2.76 bits per heavy atom. The van der Waals surface area contributed by atoms with Crippen LogP contribution in [0.4, 0.5) is 5.82 Å². The number of nitrogens with two attached hydrogens (primary N) is 1. The van der Waals surface area contributed by atoms with Crippen molar-refractivity contribution in [2.75, 3.05) is 32.1 Å². The van der Waals surface area contributed by atoms with E-state index in [0.717, 1.165) is 5.82 Å². The van der Waals surface area contributed by atoms with Crippen LogP contribution >= 0.6 is 0 Å². The molecule has 1 aliphatic heterocycles. The number of anilines is 1. The van der Waals surface area contributed by atoms with Crippen LogP contribution in [0.25, 0.3) is 0 Å². The first-order valence-electron chi connectivity index (χ1n) is 7.93. The number of carbonyl (C=O) groups is 2. The zero-order chi connectivity index (χ0) is 18.0. The van der Waals surface area contributed by atoms with Gasteiger partial charge in [-0.3, -0.25) is 9.59 Å². The molecule has 0 aromatic carbocycles. The average Bonchev–Trinajstić information content (AvgIpc) is 3.24. The maximum absolute atomic E-state index is 12.5. The van der Waals surface area contributed by atoms with Crippen molar-refractivity contribution in [3.8, 4) is 5.75 Å². The van der Waals surface area contributed by atoms with Gasteiger partial charge in [-0.15, -0.1) is 0 Å². The third-order valence-corrected chi connectivity index (χ3v) is 3.96. The van der Waals surface area contributed by atoms with Crippen LogP contribution in [0.2, 0.25) is 0 Å². The fraction of sp³-hybridized carbons (Fsp3) is 0.353. The Labute approximate surface area is 145 Å². The van der Waals surface area contributed by atoms with Crippen LogP contribution in [0.5, 0.6) is 5.75 Å². The summed E-state index contributed by atoms with van der Waals surface area (Å²) >= 11 is 0. The molecule has 0 radical (unpaired) electrons. The number of pyridine rings is 1. The minimum Gasteiger partial charge on any atom is -0.485 e. The Kier molecular flexibility index (Phi) is 4.60. The monoisotopic (exact) mass is 344 g/mol. The summed E-state index contributed by atoms with van der Waals surface area (Å²) in [4.78, 5) is 31.4. The molecule has 1 aliphatic rings. The van der Waals surface area contributed by atoms with E-state index >= 15 is 0 Å². The van der Waals surface area contributed by atoms with Gasteiger partial charge in [-0.2, -0.15) is 0 Å². The molecule has 2 aromatic rings. The van der Waals surface area contributed by atoms with E-state index in [0.29, 0.717) is 25.3 Å². The molecule has 2 aromatic heterocycles. The van der Waals surface area contributed by atoms with E-state index in [9.17, 15) is 9.59 Å². The van der Waals surface area contributed by atoms with Gasteiger partial charge in [0.1, 0.15) is 6.10 Å². The molecule has 1 unspecified atom stereocenters. The fourth-order valence-corrected chi connectivity index (χ4v) is 2.74. The van der Waals surface area contributed by atoms with Crippen molar-refractivity contribution in [2.45, 2.75) is 12.5 Å². The Morgan fingerprint density at radius 2 is 2.08 bits per heavy atom. The number of hydrogen-bond donors (Lipinski definition) is 1. The lowest BCUT2D eigenvalue weighted by molar-refractivity contribution is 0.0738. The second-order valence-electron chi connectivity index (χ2n) is 6.03. The summed E-state index contributed by atoms with van der Waals surface area (Å²) in [5, 5.41) is 0. The number of amides is 2. The number of nitrogens with zero attached hydrogens (tertiary/aromatic N) is 3. The maximum Gasteiger partial charge on any atom is 0.289 e. The van der Waals surface area contributed by atoms with Gasteiger partial charge < -0.3 is 24.7 Å². The molecule has 132 valence electrons. The predicted molar refractivity (Wildman–Crippen MR) is 90.7 cm³/mol. The van der Waals surface area contributed by atoms with E-state index in [2.05, 4.69) is 4.98 Å². The summed E-state index contributed by atoms with van der Waals surface area (Å²) in [6.07, 6.45) is 2.29. The molecule has 1 atom stereocenters. The zero-order valence-corrected chi connectivity index (χ0v) is 14.1. The Bertz CT molecular complexity index is 786. The van der Waals surface area contributed by atoms with Crippen molar-refractivity contribution in [2.24, 2.45) is 5.73 Å². The van der Waals surface area contributed by atoms with Crippen LogP contribution < -0.4 is 15.4 Å². The lowest BCUT2D eigenvalue weighted by atomic mass is 10.3. The highest BCUT2D eigenvalue weighted by Gasteiger charge is 2.30. The fourth-order valence-electron chi connectivity index (χ4n) is 2.74. The van der Waals surface area contributed by atoms with Crippen LogP contribution in [0, 0.1) is 0 Å². The zero-order valence-electron chi connectivity index (χ0n) is 14.1. The van der Waals surface area contributed by atoms with Crippen LogP contribution in [-0.2, 0) is 0 Å². The van der Waals surface area contributed by atoms with Gasteiger partial charge in [-0.1, -0.05) is 0 Å². The molecule has 3 heterocycles. The van der Waals surface area contributed by atoms with Crippen molar-refractivity contribution in [3.05, 3.63) is 42.0 Å². The highest BCUT2D eigenvalue weighted by molar-refractivity contribution is 5.95. The molecular weight excluding hydrogens is 324 g/mol. The van der Waals surface area contributed by atoms with E-state index in [-0.39, 0.29) is 23.5 Å². The molecule has 1 fully saturated rings. The molecule has 2 N–H and O–H groups in total. The second-order valence-corrected chi connectivity index (χ2v) is 6.03. The van der Waals surface area contributed by atoms with Gasteiger partial charge >= 0.3 is 0 Å². The van der Waals surface area contributed by atoms with Crippen molar-refractivity contribution in [1.29, 1.82) is 0 Å². The molecule has 0 bridgehead atoms. The van der Waals surface area contributed by atoms with Crippen LogP contribution in [0.15, 0.2) is 34.9 Å². The molecule has 1 saturated heterocycles. The minimum atomic E-state index is -0.700. The third-order valence-electron chi connectivity index (χ3n) is 3.96. The van der Waals surface area contributed by atoms with Crippen LogP contribution in [0.3, 0.4) is 0 Å². The van der Waals surface area contributed by atoms with Gasteiger partial charge in [0.15, 0.2) is 23.1 Å². The van der Waals surface area contributed by atoms with E-state index in [1.54, 1.807) is 11.1 Å². The van der Waals surface area contributed by atoms with Gasteiger partial charge in [-0.05, 0) is 24.3 Å². The lowest BCUT2D eigenvalue weighted by Gasteiger charge is -2.20. The van der Waals surface area contributed by atoms with E-state index in [1.807, 2.05) is 31.1 Å². The molecule has 0 spiro atoms. The summed E-state index contributed by atoms with van der Waals surface area (Å²) in [6, 6.07) is 6.54. The molecule has 8 heteroatoms. The van der Waals surface area contributed by atoms with Gasteiger partial charge in [0.05, 0.1) is 6.54 Å². The van der Waals surface area contributed by atoms with Gasteiger partial charge in [0, 0.05) is 33.3 Å². The molecule has 2 amide bonds. The number of primary amides is 1. The summed E-state index contributed by atoms with van der Waals surface area (Å²) < 4.78 is 11.2. The number of aromatic nitrogens is 1. The summed E-state index contributed by atoms with van der Waals surface area (Å²) in [7, 11) is 3.79. The van der Waals surface area contributed by atoms with Crippen LogP contribution in [-0.4, -0.2) is 55.0 Å². The molecule has 3 rings (SSSR count). The highest BCUT2D eigenvalue weighted by atomic mass is 16.5. The average molecular weight is 344 g/mol. The molecular formula is C17H20N4O4. The summed E-state index contributed by atoms with van der Waals surface area (Å²) in [6.45, 7) is 0.987. The Hall–Kier alpha value is -3.03. The number of furan rings is 1. The number of likely N-dealkylation sites (tertiary alicyclic amines) is 1. The SMILES string of the molecule is CN(C)c1ncccc1OC1CCN(C(=O)c2ccc(C(N)=O)o2)C1. The summed E-state index contributed by atoms with van der Waals surface area (Å²) in [5.74, 6) is 0.517. The first-order valence-corrected chi connectivity index (χ1v) is 7.93. The van der Waals surface area contributed by atoms with Gasteiger partial charge in [0.2, 0.25) is 0 Å². The van der Waals surface area contributed by atoms with Crippen molar-refractivity contribution >= 4 is 17.6 Å². The number of hydrogen-bond acceptors (Lipinski definition) is 6. The quantitative estimate of drug-likeness (QED) is 0.872. The van der Waals surface area contributed by atoms with Crippen molar-refractivity contribution in [1.82, 2.24) is 9.88 Å². The Balaban J connectivity index is 1.65. The number of ether oxygens (including phenoxy) is 1. The molecule has 0 aliphatic carbocycles. The van der Waals surface area contributed by atoms with E-state index < -0.39 is 5.91 Å². The predicted octanol–water partition coefficient (Wildman–Crippen LogP) is 1.13. The first-order chi connectivity index (χ1) is 12.0. The highest BCUT2D eigenvalue weighted by Crippen LogP contribution is 2.27. The lowest BCUT2D eigenvalue weighted by Crippen LogP contribution is -2.31. The topological polar surface area (TPSA) is 102 Å². The third kappa shape index (κ3) is 3.57. The summed E-state index contributed by atoms with van der Waals surface area (Å²) in [5.41, 5.74) is 5.14. The first kappa shape index (κ1) is 16.8. The molecule has 8 nitrogen and oxygen atoms in total. The smallest absolute Gasteiger partial charge is 0.289 e. The standard InChI is InChI=1S/C17H20N4O4/c1-20(2)16-13(4-3-8-19-16)24-11-7-9-21(10-11)17(23)14-6-5-12(25-14)15(18)22/h3-6,8,11H,7,9-10H2,1-2H3,(H2,18,22). The van der Waals surface area contributed by atoms with Gasteiger partial charge in [0.25, 0.3) is 11.8 Å². The van der Waals surface area contributed by atoms with E-state index in [4.69, 9.17) is 14.9 Å². The van der Waals surface area contributed by atoms with Crippen LogP contribution in [0.1, 0.15) is 27.5 Å². The largest absolute Gasteiger partial charge is 0.485 e. The number of rotatable bonds is 5. The second kappa shape index (κ2) is 6.84. The Morgan fingerprint density at radius 1 is 1.32 bits per heavy atom. The van der Waals surface area contributed by atoms with Gasteiger partial charge in [-0.25, -0.2) is 4.98 Å². The normalized spacial score (nSPS) is 16.7. The maximum atomic E-state index is 12.5. The number of carbonyl (C=O) groups excluding carboxylic acids is 2. The minimum absolute atomic E-state index is 0.0265. The van der Waals surface area contributed by atoms with E-state index in [1.165, 1.54) is 12.1 Å². The van der Waals surface area contributed by atoms with Crippen molar-refractivity contribution in [3.63, 3.8) is 0 Å².